The number of nitrogens with one attached hydrogen (secondary N) is 1. The van der Waals surface area contributed by atoms with E-state index in [1.807, 2.05) is 6.92 Å². The first-order chi connectivity index (χ1) is 11.5. The second-order valence-electron chi connectivity index (χ2n) is 5.03. The summed E-state index contributed by atoms with van der Waals surface area (Å²) < 4.78 is 19.3. The van der Waals surface area contributed by atoms with Crippen molar-refractivity contribution in [1.82, 2.24) is 0 Å². The number of halogens is 1. The molecule has 24 heavy (non-hydrogen) atoms. The van der Waals surface area contributed by atoms with E-state index >= 15 is 0 Å². The first kappa shape index (κ1) is 17.5. The summed E-state index contributed by atoms with van der Waals surface area (Å²) in [5.41, 5.74) is 0.569. The number of hydrogen-bond donors (Lipinski definition) is 1. The Labute approximate surface area is 140 Å². The Hall–Kier alpha value is -2.89. The summed E-state index contributed by atoms with van der Waals surface area (Å²) in [7, 11) is 0. The van der Waals surface area contributed by atoms with Crippen molar-refractivity contribution in [3.63, 3.8) is 0 Å². The number of para-hydroxylation sites is 3. The van der Waals surface area contributed by atoms with Crippen LogP contribution in [0.25, 0.3) is 0 Å². The first-order valence-electron chi connectivity index (χ1n) is 7.57. The van der Waals surface area contributed by atoms with Gasteiger partial charge in [-0.05, 0) is 31.2 Å². The zero-order valence-corrected chi connectivity index (χ0v) is 13.6. The summed E-state index contributed by atoms with van der Waals surface area (Å²) in [6, 6.07) is 12.8. The number of benzene rings is 2. The Morgan fingerprint density at radius 2 is 1.79 bits per heavy atom. The maximum absolute atomic E-state index is 13.9. The number of ether oxygens (including phenoxy) is 1. The van der Waals surface area contributed by atoms with Gasteiger partial charge < -0.3 is 15.0 Å². The molecule has 0 aliphatic rings. The van der Waals surface area contributed by atoms with Gasteiger partial charge in [0.05, 0.1) is 18.0 Å². The van der Waals surface area contributed by atoms with Gasteiger partial charge in [-0.3, -0.25) is 9.59 Å². The van der Waals surface area contributed by atoms with E-state index in [9.17, 15) is 14.0 Å². The number of anilines is 2. The monoisotopic (exact) mass is 330 g/mol. The molecule has 0 aliphatic heterocycles. The van der Waals surface area contributed by atoms with Gasteiger partial charge in [0.2, 0.25) is 11.8 Å². The number of amides is 2. The molecule has 0 fully saturated rings. The fourth-order valence-electron chi connectivity index (χ4n) is 2.22. The van der Waals surface area contributed by atoms with Crippen LogP contribution in [0.2, 0.25) is 0 Å². The fraction of sp³-hybridized carbons (Fsp3) is 0.222. The predicted octanol–water partition coefficient (Wildman–Crippen LogP) is 3.22. The van der Waals surface area contributed by atoms with Gasteiger partial charge in [-0.1, -0.05) is 24.3 Å². The van der Waals surface area contributed by atoms with Crippen molar-refractivity contribution in [2.24, 2.45) is 0 Å². The third-order valence-corrected chi connectivity index (χ3v) is 3.29. The lowest BCUT2D eigenvalue weighted by molar-refractivity contribution is -0.120. The highest BCUT2D eigenvalue weighted by Crippen LogP contribution is 2.24. The van der Waals surface area contributed by atoms with Gasteiger partial charge >= 0.3 is 0 Å². The van der Waals surface area contributed by atoms with Crippen molar-refractivity contribution in [2.75, 3.05) is 23.4 Å². The lowest BCUT2D eigenvalue weighted by Crippen LogP contribution is -2.37. The molecule has 0 atom stereocenters. The third-order valence-electron chi connectivity index (χ3n) is 3.29. The number of carbonyl (C=O) groups is 2. The zero-order valence-electron chi connectivity index (χ0n) is 13.6. The highest BCUT2D eigenvalue weighted by molar-refractivity contribution is 6.02. The minimum Gasteiger partial charge on any atom is -0.492 e. The highest BCUT2D eigenvalue weighted by atomic mass is 19.1. The van der Waals surface area contributed by atoms with Crippen molar-refractivity contribution in [3.8, 4) is 5.75 Å². The van der Waals surface area contributed by atoms with Crippen LogP contribution < -0.4 is 15.0 Å². The minimum absolute atomic E-state index is 0.0678. The third kappa shape index (κ3) is 4.32. The van der Waals surface area contributed by atoms with E-state index in [0.717, 1.165) is 4.90 Å². The Morgan fingerprint density at radius 1 is 1.12 bits per heavy atom. The molecule has 126 valence electrons. The topological polar surface area (TPSA) is 58.6 Å². The van der Waals surface area contributed by atoms with Gasteiger partial charge in [-0.2, -0.15) is 0 Å². The standard InChI is InChI=1S/C18H19FN2O3/c1-3-24-17-11-7-5-9-15(17)20-18(23)12-21(13(2)22)16-10-6-4-8-14(16)19/h4-11H,3,12H2,1-2H3,(H,20,23). The number of hydrogen-bond acceptors (Lipinski definition) is 3. The Bertz CT molecular complexity index is 734. The average Bonchev–Trinajstić information content (AvgIpc) is 2.55. The maximum atomic E-state index is 13.9. The van der Waals surface area contributed by atoms with Crippen LogP contribution in [0.1, 0.15) is 13.8 Å². The number of rotatable bonds is 6. The molecular weight excluding hydrogens is 311 g/mol. The van der Waals surface area contributed by atoms with E-state index in [1.165, 1.54) is 25.1 Å². The van der Waals surface area contributed by atoms with Crippen LogP contribution in [0, 0.1) is 5.82 Å². The average molecular weight is 330 g/mol. The Balaban J connectivity index is 2.15. The van der Waals surface area contributed by atoms with E-state index in [1.54, 1.807) is 30.3 Å². The quantitative estimate of drug-likeness (QED) is 0.885. The Morgan fingerprint density at radius 3 is 2.46 bits per heavy atom. The number of nitrogens with zero attached hydrogens (tertiary/aromatic N) is 1. The lowest BCUT2D eigenvalue weighted by Gasteiger charge is -2.21. The second-order valence-corrected chi connectivity index (χ2v) is 5.03. The van der Waals surface area contributed by atoms with Crippen molar-refractivity contribution in [3.05, 3.63) is 54.3 Å². The van der Waals surface area contributed by atoms with E-state index in [4.69, 9.17) is 4.74 Å². The van der Waals surface area contributed by atoms with Crippen LogP contribution in [0.4, 0.5) is 15.8 Å². The van der Waals surface area contributed by atoms with Crippen molar-refractivity contribution in [1.29, 1.82) is 0 Å². The van der Waals surface area contributed by atoms with Crippen LogP contribution in [0.5, 0.6) is 5.75 Å². The summed E-state index contributed by atoms with van der Waals surface area (Å²) in [6.07, 6.45) is 0. The van der Waals surface area contributed by atoms with Crippen molar-refractivity contribution < 1.29 is 18.7 Å². The van der Waals surface area contributed by atoms with Gasteiger partial charge in [0, 0.05) is 6.92 Å². The molecule has 2 aromatic carbocycles. The molecule has 0 unspecified atom stereocenters. The predicted molar refractivity (Wildman–Crippen MR) is 90.7 cm³/mol. The second kappa shape index (κ2) is 8.10. The van der Waals surface area contributed by atoms with Crippen LogP contribution in [-0.4, -0.2) is 25.0 Å². The van der Waals surface area contributed by atoms with Gasteiger partial charge in [0.1, 0.15) is 18.1 Å². The molecule has 0 spiro atoms. The first-order valence-corrected chi connectivity index (χ1v) is 7.57. The van der Waals surface area contributed by atoms with Gasteiger partial charge in [-0.15, -0.1) is 0 Å². The van der Waals surface area contributed by atoms with Gasteiger partial charge in [0.15, 0.2) is 0 Å². The van der Waals surface area contributed by atoms with Gasteiger partial charge in [0.25, 0.3) is 0 Å². The Kier molecular flexibility index (Phi) is 5.89. The largest absolute Gasteiger partial charge is 0.492 e. The summed E-state index contributed by atoms with van der Waals surface area (Å²) >= 11 is 0. The molecule has 0 saturated carbocycles. The SMILES string of the molecule is CCOc1ccccc1NC(=O)CN(C(C)=O)c1ccccc1F. The number of carbonyl (C=O) groups excluding carboxylic acids is 2. The molecule has 1 N–H and O–H groups in total. The maximum Gasteiger partial charge on any atom is 0.244 e. The molecule has 2 amide bonds. The van der Waals surface area contributed by atoms with Crippen molar-refractivity contribution >= 4 is 23.2 Å². The molecule has 2 rings (SSSR count). The zero-order chi connectivity index (χ0) is 17.5. The van der Waals surface area contributed by atoms with E-state index < -0.39 is 17.6 Å². The smallest absolute Gasteiger partial charge is 0.244 e. The molecular formula is C18H19FN2O3. The lowest BCUT2D eigenvalue weighted by atomic mass is 10.2. The molecule has 0 bridgehead atoms. The molecule has 0 heterocycles. The van der Waals surface area contributed by atoms with Crippen LogP contribution >= 0.6 is 0 Å². The van der Waals surface area contributed by atoms with Crippen LogP contribution in [0.3, 0.4) is 0 Å². The molecule has 0 radical (unpaired) electrons. The molecule has 0 saturated heterocycles. The van der Waals surface area contributed by atoms with Crippen LogP contribution in [-0.2, 0) is 9.59 Å². The summed E-state index contributed by atoms with van der Waals surface area (Å²) in [5, 5.41) is 2.69. The fourth-order valence-corrected chi connectivity index (χ4v) is 2.22. The normalized spacial score (nSPS) is 10.1. The highest BCUT2D eigenvalue weighted by Gasteiger charge is 2.19. The molecule has 2 aromatic rings. The van der Waals surface area contributed by atoms with Gasteiger partial charge in [-0.25, -0.2) is 4.39 Å². The van der Waals surface area contributed by atoms with E-state index in [-0.39, 0.29) is 12.2 Å². The van der Waals surface area contributed by atoms with E-state index in [0.29, 0.717) is 18.0 Å². The molecule has 0 aliphatic carbocycles. The summed E-state index contributed by atoms with van der Waals surface area (Å²) in [4.78, 5) is 25.2. The molecule has 0 aromatic heterocycles. The minimum atomic E-state index is -0.560. The molecule has 5 nitrogen and oxygen atoms in total. The van der Waals surface area contributed by atoms with Crippen LogP contribution in [0.15, 0.2) is 48.5 Å². The summed E-state index contributed by atoms with van der Waals surface area (Å²) in [6.45, 7) is 3.29. The van der Waals surface area contributed by atoms with E-state index in [2.05, 4.69) is 5.32 Å². The van der Waals surface area contributed by atoms with Crippen molar-refractivity contribution in [2.45, 2.75) is 13.8 Å². The summed E-state index contributed by atoms with van der Waals surface area (Å²) in [5.74, 6) is -0.891. The molecule has 6 heteroatoms.